The molecule has 0 aliphatic carbocycles. The molecule has 0 aliphatic heterocycles. The summed E-state index contributed by atoms with van der Waals surface area (Å²) in [7, 11) is 0. The molecule has 0 atom stereocenters. The lowest BCUT2D eigenvalue weighted by Gasteiger charge is -2.11. The Labute approximate surface area is 181 Å². The average molecular weight is 422 g/mol. The molecular weight excluding hydrogens is 394 g/mol. The van der Waals surface area contributed by atoms with Crippen molar-refractivity contribution in [1.29, 1.82) is 0 Å². The minimum absolute atomic E-state index is 0.0537. The minimum atomic E-state index is -0.415. The minimum Gasteiger partial charge on any atom is -0.491 e. The number of ether oxygens (including phenoxy) is 1. The van der Waals surface area contributed by atoms with Crippen molar-refractivity contribution in [2.75, 3.05) is 0 Å². The molecule has 31 heavy (non-hydrogen) atoms. The van der Waals surface area contributed by atoms with Crippen molar-refractivity contribution >= 4 is 11.8 Å². The predicted octanol–water partition coefficient (Wildman–Crippen LogP) is 3.47. The number of unbranched alkanes of at least 4 members (excludes halogenated alkanes) is 1. The molecule has 8 nitrogen and oxygen atoms in total. The van der Waals surface area contributed by atoms with Crippen molar-refractivity contribution in [2.24, 2.45) is 0 Å². The van der Waals surface area contributed by atoms with E-state index in [1.54, 1.807) is 53.2 Å². The molecule has 0 saturated heterocycles. The Morgan fingerprint density at radius 2 is 1.55 bits per heavy atom. The molecule has 0 fully saturated rings. The van der Waals surface area contributed by atoms with Crippen LogP contribution >= 0.6 is 0 Å². The number of nitrogens with one attached hydrogen (secondary N) is 2. The van der Waals surface area contributed by atoms with Crippen LogP contribution in [0.5, 0.6) is 5.75 Å². The summed E-state index contributed by atoms with van der Waals surface area (Å²) in [6.45, 7) is 5.99. The number of amides is 2. The summed E-state index contributed by atoms with van der Waals surface area (Å²) in [5, 5.41) is 8.29. The third-order valence-electron chi connectivity index (χ3n) is 4.50. The number of nitrogens with zero attached hydrogens (tertiary/aromatic N) is 3. The lowest BCUT2D eigenvalue weighted by atomic mass is 10.2. The van der Waals surface area contributed by atoms with Gasteiger partial charge >= 0.3 is 0 Å². The number of rotatable bonds is 8. The molecule has 0 unspecified atom stereocenters. The number of hydrogen-bond donors (Lipinski definition) is 2. The number of benzene rings is 2. The number of aryl methyl sites for hydroxylation is 1. The van der Waals surface area contributed by atoms with Gasteiger partial charge < -0.3 is 4.74 Å². The molecule has 0 saturated carbocycles. The summed E-state index contributed by atoms with van der Waals surface area (Å²) < 4.78 is 7.24. The zero-order valence-electron chi connectivity index (χ0n) is 18.0. The van der Waals surface area contributed by atoms with Crippen molar-refractivity contribution in [3.8, 4) is 11.4 Å². The highest BCUT2D eigenvalue weighted by atomic mass is 16.5. The Bertz CT molecular complexity index is 1010. The van der Waals surface area contributed by atoms with Gasteiger partial charge in [0.25, 0.3) is 11.8 Å². The van der Waals surface area contributed by atoms with Crippen LogP contribution in [0.3, 0.4) is 0 Å². The lowest BCUT2D eigenvalue weighted by Crippen LogP contribution is -2.41. The van der Waals surface area contributed by atoms with E-state index >= 15 is 0 Å². The van der Waals surface area contributed by atoms with Crippen LogP contribution in [-0.2, 0) is 6.42 Å². The third-order valence-corrected chi connectivity index (χ3v) is 4.50. The van der Waals surface area contributed by atoms with E-state index in [9.17, 15) is 9.59 Å². The molecule has 2 aromatic carbocycles. The van der Waals surface area contributed by atoms with E-state index < -0.39 is 11.8 Å². The molecule has 1 aromatic heterocycles. The maximum atomic E-state index is 12.3. The maximum absolute atomic E-state index is 12.3. The first-order valence-corrected chi connectivity index (χ1v) is 10.4. The second kappa shape index (κ2) is 10.4. The highest BCUT2D eigenvalue weighted by molar-refractivity contribution is 5.99. The zero-order valence-corrected chi connectivity index (χ0v) is 18.0. The van der Waals surface area contributed by atoms with E-state index in [1.165, 1.54) is 0 Å². The van der Waals surface area contributed by atoms with E-state index in [0.29, 0.717) is 16.9 Å². The molecular formula is C23H27N5O3. The van der Waals surface area contributed by atoms with Gasteiger partial charge in [0.15, 0.2) is 0 Å². The van der Waals surface area contributed by atoms with Crippen molar-refractivity contribution in [3.63, 3.8) is 0 Å². The van der Waals surface area contributed by atoms with Gasteiger partial charge in [-0.05, 0) is 75.2 Å². The maximum Gasteiger partial charge on any atom is 0.269 e. The average Bonchev–Trinajstić information content (AvgIpc) is 3.25. The SMILES string of the molecule is CCCCc1cn(-c2ccc(C(=O)NNC(=O)c3ccc(OC(C)C)cc3)cc2)nn1. The largest absolute Gasteiger partial charge is 0.491 e. The predicted molar refractivity (Wildman–Crippen MR) is 117 cm³/mol. The summed E-state index contributed by atoms with van der Waals surface area (Å²) in [4.78, 5) is 24.6. The third kappa shape index (κ3) is 6.15. The Kier molecular flexibility index (Phi) is 7.37. The molecule has 8 heteroatoms. The van der Waals surface area contributed by atoms with Crippen LogP contribution in [0.25, 0.3) is 5.69 Å². The van der Waals surface area contributed by atoms with Crippen LogP contribution in [-0.4, -0.2) is 32.9 Å². The first kappa shape index (κ1) is 22.0. The number of hydrazine groups is 1. The molecule has 2 amide bonds. The fourth-order valence-electron chi connectivity index (χ4n) is 2.88. The lowest BCUT2D eigenvalue weighted by molar-refractivity contribution is 0.0846. The summed E-state index contributed by atoms with van der Waals surface area (Å²) >= 11 is 0. The van der Waals surface area contributed by atoms with Crippen LogP contribution in [0.2, 0.25) is 0 Å². The summed E-state index contributed by atoms with van der Waals surface area (Å²) in [6.07, 6.45) is 5.01. The first-order chi connectivity index (χ1) is 15.0. The van der Waals surface area contributed by atoms with Crippen molar-refractivity contribution in [3.05, 3.63) is 71.5 Å². The van der Waals surface area contributed by atoms with Gasteiger partial charge in [0.05, 0.1) is 23.7 Å². The monoisotopic (exact) mass is 421 g/mol. The van der Waals surface area contributed by atoms with E-state index in [1.807, 2.05) is 20.0 Å². The van der Waals surface area contributed by atoms with Gasteiger partial charge in [0, 0.05) is 11.1 Å². The van der Waals surface area contributed by atoms with Gasteiger partial charge in [-0.25, -0.2) is 4.68 Å². The number of carbonyl (C=O) groups is 2. The fraction of sp³-hybridized carbons (Fsp3) is 0.304. The Morgan fingerprint density at radius 1 is 0.968 bits per heavy atom. The van der Waals surface area contributed by atoms with Crippen LogP contribution in [0.4, 0.5) is 0 Å². The standard InChI is InChI=1S/C23H27N5O3/c1-4-5-6-19-15-28(27-24-19)20-11-7-17(8-12-20)22(29)25-26-23(30)18-9-13-21(14-10-18)31-16(2)3/h7-16H,4-6H2,1-3H3,(H,25,29)(H,26,30). The summed E-state index contributed by atoms with van der Waals surface area (Å²) in [6, 6.07) is 13.6. The molecule has 0 bridgehead atoms. The van der Waals surface area contributed by atoms with Crippen LogP contribution < -0.4 is 15.6 Å². The van der Waals surface area contributed by atoms with Crippen LogP contribution in [0.1, 0.15) is 60.0 Å². The van der Waals surface area contributed by atoms with Gasteiger partial charge in [-0.1, -0.05) is 18.6 Å². The van der Waals surface area contributed by atoms with Crippen LogP contribution in [0.15, 0.2) is 54.7 Å². The highest BCUT2D eigenvalue weighted by Gasteiger charge is 2.10. The van der Waals surface area contributed by atoms with Gasteiger partial charge in [-0.15, -0.1) is 5.10 Å². The van der Waals surface area contributed by atoms with E-state index in [2.05, 4.69) is 28.1 Å². The molecule has 2 N–H and O–H groups in total. The second-order valence-electron chi connectivity index (χ2n) is 7.40. The molecule has 0 spiro atoms. The topological polar surface area (TPSA) is 98.1 Å². The number of aromatic nitrogens is 3. The second-order valence-corrected chi connectivity index (χ2v) is 7.40. The Hall–Kier alpha value is -3.68. The quantitative estimate of drug-likeness (QED) is 0.543. The smallest absolute Gasteiger partial charge is 0.269 e. The van der Waals surface area contributed by atoms with E-state index in [-0.39, 0.29) is 6.10 Å². The van der Waals surface area contributed by atoms with Crippen molar-refractivity contribution in [1.82, 2.24) is 25.8 Å². The van der Waals surface area contributed by atoms with Crippen molar-refractivity contribution in [2.45, 2.75) is 46.1 Å². The number of carbonyl (C=O) groups excluding carboxylic acids is 2. The van der Waals surface area contributed by atoms with Crippen LogP contribution in [0, 0.1) is 0 Å². The fourth-order valence-corrected chi connectivity index (χ4v) is 2.88. The van der Waals surface area contributed by atoms with Gasteiger partial charge in [-0.3, -0.25) is 20.4 Å². The zero-order chi connectivity index (χ0) is 22.2. The van der Waals surface area contributed by atoms with E-state index in [4.69, 9.17) is 4.74 Å². The molecule has 3 rings (SSSR count). The number of hydrogen-bond acceptors (Lipinski definition) is 5. The normalized spacial score (nSPS) is 10.7. The van der Waals surface area contributed by atoms with Gasteiger partial charge in [-0.2, -0.15) is 0 Å². The van der Waals surface area contributed by atoms with Gasteiger partial charge in [0.1, 0.15) is 5.75 Å². The summed E-state index contributed by atoms with van der Waals surface area (Å²) in [5.41, 5.74) is 7.42. The first-order valence-electron chi connectivity index (χ1n) is 10.4. The molecule has 0 radical (unpaired) electrons. The van der Waals surface area contributed by atoms with E-state index in [0.717, 1.165) is 30.6 Å². The summed E-state index contributed by atoms with van der Waals surface area (Å²) in [5.74, 6) is -0.147. The highest BCUT2D eigenvalue weighted by Crippen LogP contribution is 2.14. The van der Waals surface area contributed by atoms with Crippen molar-refractivity contribution < 1.29 is 14.3 Å². The Balaban J connectivity index is 1.54. The molecule has 162 valence electrons. The molecule has 0 aliphatic rings. The molecule has 1 heterocycles. The molecule has 3 aromatic rings. The Morgan fingerprint density at radius 3 is 2.10 bits per heavy atom. The van der Waals surface area contributed by atoms with Gasteiger partial charge in [0.2, 0.25) is 0 Å².